The summed E-state index contributed by atoms with van der Waals surface area (Å²) in [6.45, 7) is 3.12. The summed E-state index contributed by atoms with van der Waals surface area (Å²) in [5.74, 6) is -0.0577. The van der Waals surface area contributed by atoms with Crippen LogP contribution in [0.4, 0.5) is 17.1 Å². The van der Waals surface area contributed by atoms with Crippen molar-refractivity contribution in [3.05, 3.63) is 27.8 Å². The summed E-state index contributed by atoms with van der Waals surface area (Å²) < 4.78 is 5.36. The van der Waals surface area contributed by atoms with Gasteiger partial charge in [-0.3, -0.25) is 14.9 Å². The van der Waals surface area contributed by atoms with Gasteiger partial charge in [0.25, 0.3) is 5.69 Å². The van der Waals surface area contributed by atoms with Gasteiger partial charge >= 0.3 is 0 Å². The van der Waals surface area contributed by atoms with E-state index < -0.39 is 4.92 Å². The van der Waals surface area contributed by atoms with Crippen molar-refractivity contribution >= 4 is 23.0 Å². The van der Waals surface area contributed by atoms with Gasteiger partial charge in [-0.25, -0.2) is 0 Å². The van der Waals surface area contributed by atoms with E-state index in [0.717, 1.165) is 12.0 Å². The van der Waals surface area contributed by atoms with Crippen LogP contribution in [-0.4, -0.2) is 29.6 Å². The number of fused-ring (bicyclic) bond motifs is 1. The summed E-state index contributed by atoms with van der Waals surface area (Å²) in [5.41, 5.74) is 1.60. The molecule has 7 nitrogen and oxygen atoms in total. The molecule has 1 saturated heterocycles. The fourth-order valence-corrected chi connectivity index (χ4v) is 2.76. The minimum absolute atomic E-state index is 0.0398. The van der Waals surface area contributed by atoms with Crippen molar-refractivity contribution in [2.24, 2.45) is 0 Å². The van der Waals surface area contributed by atoms with Crippen molar-refractivity contribution in [1.29, 1.82) is 0 Å². The second-order valence-corrected chi connectivity index (χ2v) is 5.82. The summed E-state index contributed by atoms with van der Waals surface area (Å²) in [6.07, 6.45) is 1.68. The highest BCUT2D eigenvalue weighted by Gasteiger charge is 2.32. The van der Waals surface area contributed by atoms with Crippen molar-refractivity contribution in [3.63, 3.8) is 0 Å². The minimum atomic E-state index is -0.391. The molecule has 0 bridgehead atoms. The number of hydrogen-bond donors (Lipinski definition) is 2. The molecule has 21 heavy (non-hydrogen) atoms. The maximum Gasteiger partial charge on any atom is 0.292 e. The van der Waals surface area contributed by atoms with Gasteiger partial charge in [0.2, 0.25) is 5.91 Å². The van der Waals surface area contributed by atoms with Gasteiger partial charge in [-0.15, -0.1) is 0 Å². The van der Waals surface area contributed by atoms with Crippen LogP contribution >= 0.6 is 0 Å². The van der Waals surface area contributed by atoms with E-state index in [2.05, 4.69) is 10.6 Å². The molecule has 7 heteroatoms. The van der Waals surface area contributed by atoms with Crippen molar-refractivity contribution in [3.8, 4) is 0 Å². The van der Waals surface area contributed by atoms with Crippen molar-refractivity contribution in [1.82, 2.24) is 0 Å². The summed E-state index contributed by atoms with van der Waals surface area (Å²) in [7, 11) is 0. The molecule has 0 saturated carbocycles. The average molecular weight is 291 g/mol. The molecule has 1 atom stereocenters. The average Bonchev–Trinajstić information content (AvgIpc) is 2.84. The van der Waals surface area contributed by atoms with Crippen molar-refractivity contribution in [2.45, 2.75) is 31.7 Å². The third-order valence-corrected chi connectivity index (χ3v) is 3.97. The van der Waals surface area contributed by atoms with Gasteiger partial charge in [-0.1, -0.05) is 0 Å². The first-order valence-electron chi connectivity index (χ1n) is 6.94. The summed E-state index contributed by atoms with van der Waals surface area (Å²) in [4.78, 5) is 22.4. The second kappa shape index (κ2) is 5.00. The second-order valence-electron chi connectivity index (χ2n) is 5.82. The van der Waals surface area contributed by atoms with Crippen LogP contribution in [-0.2, 0) is 16.0 Å². The van der Waals surface area contributed by atoms with Gasteiger partial charge in [-0.05, 0) is 31.4 Å². The lowest BCUT2D eigenvalue weighted by molar-refractivity contribution is -0.384. The number of nitrogens with one attached hydrogen (secondary N) is 2. The highest BCUT2D eigenvalue weighted by atomic mass is 16.6. The summed E-state index contributed by atoms with van der Waals surface area (Å²) in [6, 6.07) is 3.21. The van der Waals surface area contributed by atoms with E-state index in [1.807, 2.05) is 6.92 Å². The minimum Gasteiger partial charge on any atom is -0.379 e. The molecule has 2 aliphatic rings. The SMILES string of the molecule is CC1(Nc2cc3c(cc2[N+](=O)[O-])CCC(=O)N3)CCOC1. The first-order chi connectivity index (χ1) is 9.97. The zero-order valence-electron chi connectivity index (χ0n) is 11.8. The highest BCUT2D eigenvalue weighted by Crippen LogP contribution is 2.36. The molecule has 0 spiro atoms. The Bertz CT molecular complexity index is 608. The Hall–Kier alpha value is -2.15. The molecular formula is C14H17N3O4. The van der Waals surface area contributed by atoms with Gasteiger partial charge in [0.15, 0.2) is 0 Å². The van der Waals surface area contributed by atoms with E-state index in [9.17, 15) is 14.9 Å². The van der Waals surface area contributed by atoms with Crippen LogP contribution in [0.1, 0.15) is 25.3 Å². The van der Waals surface area contributed by atoms with E-state index in [0.29, 0.717) is 37.4 Å². The summed E-state index contributed by atoms with van der Waals surface area (Å²) >= 11 is 0. The third-order valence-electron chi connectivity index (χ3n) is 3.97. The number of nitro benzene ring substituents is 1. The van der Waals surface area contributed by atoms with Crippen LogP contribution in [0.2, 0.25) is 0 Å². The van der Waals surface area contributed by atoms with Gasteiger partial charge in [0.05, 0.1) is 17.1 Å². The Morgan fingerprint density at radius 1 is 1.43 bits per heavy atom. The van der Waals surface area contributed by atoms with E-state index in [-0.39, 0.29) is 17.1 Å². The van der Waals surface area contributed by atoms with Crippen LogP contribution in [0, 0.1) is 10.1 Å². The van der Waals surface area contributed by atoms with Crippen LogP contribution < -0.4 is 10.6 Å². The van der Waals surface area contributed by atoms with Gasteiger partial charge in [0.1, 0.15) is 5.69 Å². The number of carbonyl (C=O) groups is 1. The third kappa shape index (κ3) is 2.69. The molecule has 1 fully saturated rings. The lowest BCUT2D eigenvalue weighted by Crippen LogP contribution is -2.35. The maximum atomic E-state index is 11.5. The van der Waals surface area contributed by atoms with E-state index >= 15 is 0 Å². The number of ether oxygens (including phenoxy) is 1. The number of aryl methyl sites for hydroxylation is 1. The number of anilines is 2. The zero-order chi connectivity index (χ0) is 15.0. The monoisotopic (exact) mass is 291 g/mol. The number of benzene rings is 1. The quantitative estimate of drug-likeness (QED) is 0.657. The lowest BCUT2D eigenvalue weighted by atomic mass is 9.98. The Morgan fingerprint density at radius 2 is 2.24 bits per heavy atom. The maximum absolute atomic E-state index is 11.5. The molecule has 2 aliphatic heterocycles. The zero-order valence-corrected chi connectivity index (χ0v) is 11.8. The number of nitro groups is 1. The van der Waals surface area contributed by atoms with E-state index in [4.69, 9.17) is 4.74 Å². The van der Waals surface area contributed by atoms with Crippen LogP contribution in [0.15, 0.2) is 12.1 Å². The molecule has 1 aromatic carbocycles. The number of amides is 1. The Morgan fingerprint density at radius 3 is 2.90 bits per heavy atom. The number of rotatable bonds is 3. The molecule has 0 aliphatic carbocycles. The normalized spacial score (nSPS) is 24.3. The highest BCUT2D eigenvalue weighted by molar-refractivity contribution is 5.95. The fraction of sp³-hybridized carbons (Fsp3) is 0.500. The van der Waals surface area contributed by atoms with E-state index in [1.165, 1.54) is 0 Å². The molecule has 112 valence electrons. The Balaban J connectivity index is 1.99. The van der Waals surface area contributed by atoms with Crippen molar-refractivity contribution in [2.75, 3.05) is 23.8 Å². The first kappa shape index (κ1) is 13.8. The fourth-order valence-electron chi connectivity index (χ4n) is 2.76. The molecule has 1 amide bonds. The van der Waals surface area contributed by atoms with Crippen LogP contribution in [0.3, 0.4) is 0 Å². The van der Waals surface area contributed by atoms with Crippen molar-refractivity contribution < 1.29 is 14.5 Å². The smallest absolute Gasteiger partial charge is 0.292 e. The van der Waals surface area contributed by atoms with Gasteiger partial charge in [-0.2, -0.15) is 0 Å². The standard InChI is InChI=1S/C14H17N3O4/c1-14(4-5-21-8-14)16-11-7-10-9(2-3-13(18)15-10)6-12(11)17(19)20/h6-7,16H,2-5,8H2,1H3,(H,15,18). The Kier molecular flexibility index (Phi) is 3.29. The van der Waals surface area contributed by atoms with Crippen LogP contribution in [0.5, 0.6) is 0 Å². The predicted octanol–water partition coefficient (Wildman–Crippen LogP) is 2.07. The largest absolute Gasteiger partial charge is 0.379 e. The van der Waals surface area contributed by atoms with Crippen LogP contribution in [0.25, 0.3) is 0 Å². The molecule has 2 heterocycles. The molecule has 1 aromatic rings. The topological polar surface area (TPSA) is 93.5 Å². The van der Waals surface area contributed by atoms with Gasteiger partial charge < -0.3 is 15.4 Å². The molecular weight excluding hydrogens is 274 g/mol. The first-order valence-corrected chi connectivity index (χ1v) is 6.94. The lowest BCUT2D eigenvalue weighted by Gasteiger charge is -2.26. The molecule has 0 aromatic heterocycles. The Labute approximate surface area is 121 Å². The summed E-state index contributed by atoms with van der Waals surface area (Å²) in [5, 5.41) is 17.3. The number of hydrogen-bond acceptors (Lipinski definition) is 5. The molecule has 1 unspecified atom stereocenters. The predicted molar refractivity (Wildman–Crippen MR) is 77.5 cm³/mol. The molecule has 3 rings (SSSR count). The molecule has 2 N–H and O–H groups in total. The van der Waals surface area contributed by atoms with Gasteiger partial charge in [0, 0.05) is 24.8 Å². The molecule has 0 radical (unpaired) electrons. The van der Waals surface area contributed by atoms with E-state index in [1.54, 1.807) is 12.1 Å². The number of carbonyl (C=O) groups excluding carboxylic acids is 1. The number of nitrogens with zero attached hydrogens (tertiary/aromatic N) is 1.